The molecule has 1 fully saturated rings. The predicted molar refractivity (Wildman–Crippen MR) is 61.1 cm³/mol. The van der Waals surface area contributed by atoms with Gasteiger partial charge in [0.2, 0.25) is 0 Å². The number of aliphatic hydroxyl groups excluding tert-OH is 1. The van der Waals surface area contributed by atoms with Crippen LogP contribution in [-0.2, 0) is 0 Å². The number of hydrogen-bond donors (Lipinski definition) is 1. The van der Waals surface area contributed by atoms with E-state index in [0.717, 1.165) is 12.3 Å². The van der Waals surface area contributed by atoms with Crippen LogP contribution >= 0.6 is 0 Å². The second kappa shape index (κ2) is 4.48. The zero-order valence-electron chi connectivity index (χ0n) is 9.79. The third kappa shape index (κ3) is 2.03. The van der Waals surface area contributed by atoms with Crippen LogP contribution in [0.4, 0.5) is 0 Å². The summed E-state index contributed by atoms with van der Waals surface area (Å²) in [6, 6.07) is 0. The summed E-state index contributed by atoms with van der Waals surface area (Å²) in [5.74, 6) is 1.87. The van der Waals surface area contributed by atoms with E-state index in [2.05, 4.69) is 27.4 Å². The van der Waals surface area contributed by atoms with Gasteiger partial charge in [-0.05, 0) is 42.4 Å². The summed E-state index contributed by atoms with van der Waals surface area (Å²) >= 11 is 0. The summed E-state index contributed by atoms with van der Waals surface area (Å²) in [5.41, 5.74) is 0.385. The molecule has 0 aliphatic heterocycles. The summed E-state index contributed by atoms with van der Waals surface area (Å²) in [6.07, 6.45) is 5.48. The maximum absolute atomic E-state index is 9.39. The monoisotopic (exact) mass is 196 g/mol. The molecule has 1 N–H and O–H groups in total. The van der Waals surface area contributed by atoms with Crippen LogP contribution in [0.1, 0.15) is 40.0 Å². The Kier molecular flexibility index (Phi) is 3.77. The lowest BCUT2D eigenvalue weighted by molar-refractivity contribution is 0.0921. The predicted octanol–water partition coefficient (Wildman–Crippen LogP) is 3.24. The summed E-state index contributed by atoms with van der Waals surface area (Å²) in [6.45, 7) is 11.1. The molecule has 0 amide bonds. The summed E-state index contributed by atoms with van der Waals surface area (Å²) in [7, 11) is 0. The molecule has 1 rings (SSSR count). The molecule has 1 nitrogen and oxygen atoms in total. The Morgan fingerprint density at radius 2 is 2.14 bits per heavy atom. The Bertz CT molecular complexity index is 195. The van der Waals surface area contributed by atoms with E-state index in [4.69, 9.17) is 0 Å². The van der Waals surface area contributed by atoms with Gasteiger partial charge in [-0.2, -0.15) is 0 Å². The van der Waals surface area contributed by atoms with Gasteiger partial charge in [0.25, 0.3) is 0 Å². The average Bonchev–Trinajstić information content (AvgIpc) is 2.39. The third-order valence-electron chi connectivity index (χ3n) is 4.41. The zero-order chi connectivity index (χ0) is 10.8. The van der Waals surface area contributed by atoms with E-state index in [9.17, 15) is 5.11 Å². The Balaban J connectivity index is 2.71. The van der Waals surface area contributed by atoms with Gasteiger partial charge in [0, 0.05) is 6.61 Å². The minimum Gasteiger partial charge on any atom is -0.396 e. The van der Waals surface area contributed by atoms with Crippen molar-refractivity contribution in [3.8, 4) is 0 Å². The first-order valence-electron chi connectivity index (χ1n) is 5.75. The molecular formula is C13H24O. The van der Waals surface area contributed by atoms with Gasteiger partial charge in [0.05, 0.1) is 0 Å². The first kappa shape index (κ1) is 11.8. The number of rotatable bonds is 4. The van der Waals surface area contributed by atoms with Crippen molar-refractivity contribution in [3.05, 3.63) is 12.7 Å². The molecule has 3 unspecified atom stereocenters. The first-order valence-corrected chi connectivity index (χ1v) is 5.75. The van der Waals surface area contributed by atoms with E-state index >= 15 is 0 Å². The molecule has 0 aromatic rings. The molecule has 1 saturated carbocycles. The Labute approximate surface area is 88.2 Å². The molecule has 0 saturated heterocycles. The standard InChI is InChI=1S/C13H24O/c1-5-6-11(9-14)12-8-7-10(2)13(12,3)4/h5,10-12,14H,1,6-9H2,2-4H3. The smallest absolute Gasteiger partial charge is 0.0465 e. The molecule has 1 heteroatoms. The molecule has 1 aliphatic carbocycles. The van der Waals surface area contributed by atoms with Gasteiger partial charge in [0.15, 0.2) is 0 Å². The Hall–Kier alpha value is -0.300. The quantitative estimate of drug-likeness (QED) is 0.684. The molecule has 3 atom stereocenters. The highest BCUT2D eigenvalue weighted by Crippen LogP contribution is 2.50. The fourth-order valence-electron chi connectivity index (χ4n) is 2.96. The lowest BCUT2D eigenvalue weighted by Gasteiger charge is -2.35. The second-order valence-electron chi connectivity index (χ2n) is 5.37. The van der Waals surface area contributed by atoms with Crippen LogP contribution in [0.25, 0.3) is 0 Å². The number of hydrogen-bond acceptors (Lipinski definition) is 1. The van der Waals surface area contributed by atoms with Gasteiger partial charge in [-0.15, -0.1) is 6.58 Å². The highest BCUT2D eigenvalue weighted by atomic mass is 16.3. The van der Waals surface area contributed by atoms with Crippen molar-refractivity contribution >= 4 is 0 Å². The molecule has 14 heavy (non-hydrogen) atoms. The minimum atomic E-state index is 0.312. The van der Waals surface area contributed by atoms with E-state index < -0.39 is 0 Å². The SMILES string of the molecule is C=CCC(CO)C1CCC(C)C1(C)C. The Morgan fingerprint density at radius 1 is 1.50 bits per heavy atom. The van der Waals surface area contributed by atoms with Gasteiger partial charge in [-0.25, -0.2) is 0 Å². The van der Waals surface area contributed by atoms with E-state index in [1.165, 1.54) is 12.8 Å². The van der Waals surface area contributed by atoms with Crippen molar-refractivity contribution in [3.63, 3.8) is 0 Å². The summed E-state index contributed by atoms with van der Waals surface area (Å²) in [4.78, 5) is 0. The fraction of sp³-hybridized carbons (Fsp3) is 0.846. The lowest BCUT2D eigenvalue weighted by atomic mass is 9.70. The van der Waals surface area contributed by atoms with Crippen molar-refractivity contribution in [1.29, 1.82) is 0 Å². The van der Waals surface area contributed by atoms with Gasteiger partial charge in [-0.1, -0.05) is 26.8 Å². The normalized spacial score (nSPS) is 32.9. The summed E-state index contributed by atoms with van der Waals surface area (Å²) < 4.78 is 0. The van der Waals surface area contributed by atoms with E-state index in [1.54, 1.807) is 0 Å². The molecule has 0 heterocycles. The third-order valence-corrected chi connectivity index (χ3v) is 4.41. The zero-order valence-corrected chi connectivity index (χ0v) is 9.79. The second-order valence-corrected chi connectivity index (χ2v) is 5.37. The van der Waals surface area contributed by atoms with Crippen molar-refractivity contribution in [2.24, 2.45) is 23.2 Å². The van der Waals surface area contributed by atoms with Crippen molar-refractivity contribution in [2.75, 3.05) is 6.61 Å². The van der Waals surface area contributed by atoms with Gasteiger partial charge in [-0.3, -0.25) is 0 Å². The molecule has 1 aliphatic rings. The van der Waals surface area contributed by atoms with Gasteiger partial charge >= 0.3 is 0 Å². The topological polar surface area (TPSA) is 20.2 Å². The van der Waals surface area contributed by atoms with Crippen LogP contribution in [0.5, 0.6) is 0 Å². The highest BCUT2D eigenvalue weighted by molar-refractivity contribution is 4.94. The van der Waals surface area contributed by atoms with Crippen molar-refractivity contribution in [2.45, 2.75) is 40.0 Å². The molecule has 0 radical (unpaired) electrons. The summed E-state index contributed by atoms with van der Waals surface area (Å²) in [5, 5.41) is 9.39. The molecule has 0 aromatic heterocycles. The maximum atomic E-state index is 9.39. The number of allylic oxidation sites excluding steroid dienone is 1. The van der Waals surface area contributed by atoms with Crippen LogP contribution in [0.15, 0.2) is 12.7 Å². The van der Waals surface area contributed by atoms with Crippen LogP contribution < -0.4 is 0 Å². The molecule has 0 spiro atoms. The first-order chi connectivity index (χ1) is 6.54. The minimum absolute atomic E-state index is 0.312. The van der Waals surface area contributed by atoms with Gasteiger partial charge < -0.3 is 5.11 Å². The van der Waals surface area contributed by atoms with Crippen LogP contribution in [0, 0.1) is 23.2 Å². The van der Waals surface area contributed by atoms with Crippen LogP contribution in [0.3, 0.4) is 0 Å². The van der Waals surface area contributed by atoms with E-state index in [0.29, 0.717) is 23.9 Å². The number of aliphatic hydroxyl groups is 1. The van der Waals surface area contributed by atoms with E-state index in [1.807, 2.05) is 6.08 Å². The van der Waals surface area contributed by atoms with Crippen LogP contribution in [-0.4, -0.2) is 11.7 Å². The highest BCUT2D eigenvalue weighted by Gasteiger charge is 2.43. The Morgan fingerprint density at radius 3 is 2.50 bits per heavy atom. The van der Waals surface area contributed by atoms with Crippen LogP contribution in [0.2, 0.25) is 0 Å². The lowest BCUT2D eigenvalue weighted by Crippen LogP contribution is -2.30. The fourth-order valence-corrected chi connectivity index (χ4v) is 2.96. The molecule has 0 aromatic carbocycles. The molecule has 0 bridgehead atoms. The average molecular weight is 196 g/mol. The molecule has 82 valence electrons. The maximum Gasteiger partial charge on any atom is 0.0465 e. The largest absolute Gasteiger partial charge is 0.396 e. The molecular weight excluding hydrogens is 172 g/mol. The van der Waals surface area contributed by atoms with Crippen molar-refractivity contribution < 1.29 is 5.11 Å². The van der Waals surface area contributed by atoms with Crippen molar-refractivity contribution in [1.82, 2.24) is 0 Å². The van der Waals surface area contributed by atoms with Gasteiger partial charge in [0.1, 0.15) is 0 Å². The van der Waals surface area contributed by atoms with E-state index in [-0.39, 0.29) is 0 Å².